The Morgan fingerprint density at radius 1 is 1.19 bits per heavy atom. The van der Waals surface area contributed by atoms with Crippen molar-refractivity contribution >= 4 is 27.4 Å². The van der Waals surface area contributed by atoms with Gasteiger partial charge in [-0.15, -0.1) is 11.3 Å². The molecule has 0 aliphatic carbocycles. The number of hydroxylamine groups is 1. The highest BCUT2D eigenvalue weighted by atomic mass is 32.1. The molecule has 4 nitrogen and oxygen atoms in total. The Bertz CT molecular complexity index is 727. The van der Waals surface area contributed by atoms with Crippen LogP contribution in [-0.2, 0) is 17.9 Å². The molecule has 0 aliphatic heterocycles. The summed E-state index contributed by atoms with van der Waals surface area (Å²) in [5.74, 6) is 0.812. The fourth-order valence-corrected chi connectivity index (χ4v) is 3.05. The van der Waals surface area contributed by atoms with Crippen LogP contribution in [0.4, 0.5) is 5.82 Å². The molecule has 21 heavy (non-hydrogen) atoms. The highest BCUT2D eigenvalue weighted by molar-refractivity contribution is 7.18. The van der Waals surface area contributed by atoms with Crippen molar-refractivity contribution in [3.8, 4) is 0 Å². The SMILES string of the molecule is CCc1cc2c(N(C)OCc3ccccc3)ncnc2s1. The van der Waals surface area contributed by atoms with Crippen LogP contribution in [0.2, 0.25) is 0 Å². The number of hydrogen-bond acceptors (Lipinski definition) is 5. The first kappa shape index (κ1) is 14.0. The minimum absolute atomic E-state index is 0.521. The van der Waals surface area contributed by atoms with Gasteiger partial charge in [0.1, 0.15) is 11.2 Å². The Hall–Kier alpha value is -1.98. The van der Waals surface area contributed by atoms with E-state index in [0.29, 0.717) is 6.61 Å². The molecule has 0 saturated carbocycles. The van der Waals surface area contributed by atoms with Crippen LogP contribution in [-0.4, -0.2) is 17.0 Å². The molecule has 0 atom stereocenters. The van der Waals surface area contributed by atoms with Gasteiger partial charge in [0.25, 0.3) is 0 Å². The lowest BCUT2D eigenvalue weighted by Crippen LogP contribution is -2.19. The number of benzene rings is 1. The molecule has 0 bridgehead atoms. The highest BCUT2D eigenvalue weighted by Crippen LogP contribution is 2.30. The van der Waals surface area contributed by atoms with Gasteiger partial charge in [-0.1, -0.05) is 37.3 Å². The van der Waals surface area contributed by atoms with Gasteiger partial charge in [0, 0.05) is 11.9 Å². The third-order valence-electron chi connectivity index (χ3n) is 3.27. The maximum Gasteiger partial charge on any atom is 0.164 e. The highest BCUT2D eigenvalue weighted by Gasteiger charge is 2.12. The molecule has 0 saturated heterocycles. The molecular formula is C16H17N3OS. The van der Waals surface area contributed by atoms with Crippen LogP contribution < -0.4 is 5.06 Å². The second-order valence-corrected chi connectivity index (χ2v) is 5.85. The third-order valence-corrected chi connectivity index (χ3v) is 4.46. The van der Waals surface area contributed by atoms with Crippen LogP contribution >= 0.6 is 11.3 Å². The summed E-state index contributed by atoms with van der Waals surface area (Å²) in [6.45, 7) is 2.67. The topological polar surface area (TPSA) is 38.2 Å². The first-order chi connectivity index (χ1) is 10.3. The fourth-order valence-electron chi connectivity index (χ4n) is 2.12. The van der Waals surface area contributed by atoms with Crippen LogP contribution in [0.15, 0.2) is 42.7 Å². The van der Waals surface area contributed by atoms with Crippen LogP contribution in [0.3, 0.4) is 0 Å². The summed E-state index contributed by atoms with van der Waals surface area (Å²) in [5.41, 5.74) is 1.13. The van der Waals surface area contributed by atoms with E-state index in [1.165, 1.54) is 4.88 Å². The minimum atomic E-state index is 0.521. The van der Waals surface area contributed by atoms with Crippen molar-refractivity contribution < 1.29 is 4.84 Å². The summed E-state index contributed by atoms with van der Waals surface area (Å²) in [6.07, 6.45) is 2.60. The molecule has 3 aromatic rings. The van der Waals surface area contributed by atoms with Crippen molar-refractivity contribution in [2.75, 3.05) is 12.1 Å². The van der Waals surface area contributed by atoms with E-state index >= 15 is 0 Å². The molecule has 0 N–H and O–H groups in total. The van der Waals surface area contributed by atoms with Gasteiger partial charge in [0.2, 0.25) is 0 Å². The molecule has 1 aromatic carbocycles. The zero-order valence-electron chi connectivity index (χ0n) is 12.1. The largest absolute Gasteiger partial charge is 0.267 e. The van der Waals surface area contributed by atoms with Gasteiger partial charge in [-0.2, -0.15) is 0 Å². The van der Waals surface area contributed by atoms with Crippen molar-refractivity contribution in [1.29, 1.82) is 0 Å². The van der Waals surface area contributed by atoms with E-state index < -0.39 is 0 Å². The number of fused-ring (bicyclic) bond motifs is 1. The van der Waals surface area contributed by atoms with E-state index in [1.54, 1.807) is 22.7 Å². The Morgan fingerprint density at radius 3 is 2.76 bits per heavy atom. The predicted molar refractivity (Wildman–Crippen MR) is 86.4 cm³/mol. The van der Waals surface area contributed by atoms with Gasteiger partial charge < -0.3 is 0 Å². The molecule has 108 valence electrons. The van der Waals surface area contributed by atoms with Gasteiger partial charge in [-0.3, -0.25) is 4.84 Å². The number of aromatic nitrogens is 2. The molecule has 0 spiro atoms. The van der Waals surface area contributed by atoms with E-state index in [2.05, 4.69) is 23.0 Å². The number of nitrogens with zero attached hydrogens (tertiary/aromatic N) is 3. The third kappa shape index (κ3) is 3.04. The van der Waals surface area contributed by atoms with Crippen LogP contribution in [0.5, 0.6) is 0 Å². The summed E-state index contributed by atoms with van der Waals surface area (Å²) in [6, 6.07) is 12.3. The minimum Gasteiger partial charge on any atom is -0.267 e. The van der Waals surface area contributed by atoms with Gasteiger partial charge in [-0.25, -0.2) is 15.0 Å². The maximum atomic E-state index is 5.81. The van der Waals surface area contributed by atoms with Gasteiger partial charge in [0.15, 0.2) is 5.82 Å². The van der Waals surface area contributed by atoms with Crippen molar-refractivity contribution in [2.24, 2.45) is 0 Å². The lowest BCUT2D eigenvalue weighted by molar-refractivity contribution is 0.107. The normalized spacial score (nSPS) is 11.0. The first-order valence-electron chi connectivity index (χ1n) is 6.92. The monoisotopic (exact) mass is 299 g/mol. The fraction of sp³-hybridized carbons (Fsp3) is 0.250. The van der Waals surface area contributed by atoms with Crippen molar-refractivity contribution in [2.45, 2.75) is 20.0 Å². The molecule has 5 heteroatoms. The van der Waals surface area contributed by atoms with Crippen LogP contribution in [0.1, 0.15) is 17.4 Å². The molecule has 0 radical (unpaired) electrons. The lowest BCUT2D eigenvalue weighted by Gasteiger charge is -2.18. The number of thiophene rings is 1. The average Bonchev–Trinajstić information content (AvgIpc) is 2.96. The number of anilines is 1. The van der Waals surface area contributed by atoms with E-state index in [9.17, 15) is 0 Å². The van der Waals surface area contributed by atoms with Gasteiger partial charge >= 0.3 is 0 Å². The first-order valence-corrected chi connectivity index (χ1v) is 7.73. The second kappa shape index (κ2) is 6.20. The van der Waals surface area contributed by atoms with Gasteiger partial charge in [0.05, 0.1) is 12.0 Å². The summed E-state index contributed by atoms with van der Waals surface area (Å²) in [7, 11) is 1.88. The molecule has 3 rings (SSSR count). The Balaban J connectivity index is 1.81. The molecule has 0 unspecified atom stereocenters. The number of aryl methyl sites for hydroxylation is 1. The smallest absolute Gasteiger partial charge is 0.164 e. The van der Waals surface area contributed by atoms with E-state index in [1.807, 2.05) is 37.4 Å². The Labute approximate surface area is 128 Å². The average molecular weight is 299 g/mol. The van der Waals surface area contributed by atoms with E-state index in [-0.39, 0.29) is 0 Å². The maximum absolute atomic E-state index is 5.81. The van der Waals surface area contributed by atoms with Crippen LogP contribution in [0.25, 0.3) is 10.2 Å². The standard InChI is InChI=1S/C16H17N3OS/c1-3-13-9-14-15(17-11-18-16(14)21-13)19(2)20-10-12-7-5-4-6-8-12/h4-9,11H,3,10H2,1-2H3. The van der Waals surface area contributed by atoms with Crippen LogP contribution in [0, 0.1) is 0 Å². The quantitative estimate of drug-likeness (QED) is 0.671. The predicted octanol–water partition coefficient (Wildman–Crippen LogP) is 3.82. The molecule has 0 aliphatic rings. The summed E-state index contributed by atoms with van der Waals surface area (Å²) >= 11 is 1.71. The summed E-state index contributed by atoms with van der Waals surface area (Å²) < 4.78 is 0. The zero-order valence-corrected chi connectivity index (χ0v) is 12.9. The summed E-state index contributed by atoms with van der Waals surface area (Å²) in [5, 5.41) is 2.78. The van der Waals surface area contributed by atoms with Crippen molar-refractivity contribution in [3.63, 3.8) is 0 Å². The van der Waals surface area contributed by atoms with E-state index in [0.717, 1.165) is 28.0 Å². The van der Waals surface area contributed by atoms with Crippen molar-refractivity contribution in [1.82, 2.24) is 9.97 Å². The summed E-state index contributed by atoms with van der Waals surface area (Å²) in [4.78, 5) is 16.8. The molecule has 2 aromatic heterocycles. The lowest BCUT2D eigenvalue weighted by atomic mass is 10.2. The Kier molecular flexibility index (Phi) is 4.13. The number of hydrogen-bond donors (Lipinski definition) is 0. The number of rotatable bonds is 5. The molecule has 0 amide bonds. The molecule has 0 fully saturated rings. The van der Waals surface area contributed by atoms with Crippen molar-refractivity contribution in [3.05, 3.63) is 53.2 Å². The zero-order chi connectivity index (χ0) is 14.7. The van der Waals surface area contributed by atoms with E-state index in [4.69, 9.17) is 4.84 Å². The molecule has 2 heterocycles. The van der Waals surface area contributed by atoms with Gasteiger partial charge in [-0.05, 0) is 18.1 Å². The Morgan fingerprint density at radius 2 is 2.00 bits per heavy atom. The molecular weight excluding hydrogens is 282 g/mol. The second-order valence-electron chi connectivity index (χ2n) is 4.74.